The number of fused-ring (bicyclic) bond motifs is 1. The number of nitrogens with one attached hydrogen (secondary N) is 1. The van der Waals surface area contributed by atoms with Crippen LogP contribution in [-0.2, 0) is 0 Å². The molecule has 0 aliphatic heterocycles. The van der Waals surface area contributed by atoms with Crippen molar-refractivity contribution in [3.05, 3.63) is 77.7 Å². The molecular formula is C25H24N2O3S. The fourth-order valence-electron chi connectivity index (χ4n) is 3.18. The van der Waals surface area contributed by atoms with E-state index in [9.17, 15) is 5.11 Å². The Kier molecular flexibility index (Phi) is 6.38. The molecule has 5 nitrogen and oxygen atoms in total. The Hall–Kier alpha value is -3.51. The Bertz CT molecular complexity index is 1180. The summed E-state index contributed by atoms with van der Waals surface area (Å²) >= 11 is 1.50. The van der Waals surface area contributed by atoms with Crippen molar-refractivity contribution in [2.24, 2.45) is 4.99 Å². The van der Waals surface area contributed by atoms with E-state index in [1.165, 1.54) is 11.3 Å². The molecule has 1 aromatic heterocycles. The first-order chi connectivity index (χ1) is 15.2. The molecule has 0 amide bonds. The van der Waals surface area contributed by atoms with Crippen LogP contribution in [0.5, 0.6) is 17.2 Å². The molecule has 4 rings (SSSR count). The summed E-state index contributed by atoms with van der Waals surface area (Å²) in [4.78, 5) is 5.49. The van der Waals surface area contributed by atoms with E-state index in [4.69, 9.17) is 14.5 Å². The fourth-order valence-corrected chi connectivity index (χ4v) is 4.22. The number of aromatic hydroxyl groups is 1. The number of thiophene rings is 1. The topological polar surface area (TPSA) is 63.1 Å². The highest BCUT2D eigenvalue weighted by Gasteiger charge is 2.17. The molecule has 0 saturated heterocycles. The zero-order chi connectivity index (χ0) is 21.6. The average molecular weight is 433 g/mol. The van der Waals surface area contributed by atoms with Crippen LogP contribution >= 0.6 is 11.3 Å². The maximum absolute atomic E-state index is 10.9. The molecule has 0 radical (unpaired) electrons. The molecule has 0 aliphatic carbocycles. The minimum Gasteiger partial charge on any atom is -0.506 e. The van der Waals surface area contributed by atoms with Gasteiger partial charge in [-0.3, -0.25) is 0 Å². The molecule has 0 fully saturated rings. The van der Waals surface area contributed by atoms with Crippen LogP contribution in [0.2, 0.25) is 0 Å². The highest BCUT2D eigenvalue weighted by Crippen LogP contribution is 2.38. The van der Waals surface area contributed by atoms with Crippen LogP contribution < -0.4 is 14.8 Å². The van der Waals surface area contributed by atoms with Crippen molar-refractivity contribution >= 4 is 38.6 Å². The highest BCUT2D eigenvalue weighted by atomic mass is 32.1. The lowest BCUT2D eigenvalue weighted by Gasteiger charge is -2.11. The number of ether oxygens (including phenoxy) is 2. The van der Waals surface area contributed by atoms with Crippen molar-refractivity contribution in [1.82, 2.24) is 0 Å². The summed E-state index contributed by atoms with van der Waals surface area (Å²) < 4.78 is 12.1. The van der Waals surface area contributed by atoms with E-state index in [2.05, 4.69) is 5.32 Å². The lowest BCUT2D eigenvalue weighted by Crippen LogP contribution is -2.12. The largest absolute Gasteiger partial charge is 0.506 e. The van der Waals surface area contributed by atoms with Gasteiger partial charge in [-0.1, -0.05) is 12.1 Å². The minimum atomic E-state index is 0.226. The molecule has 158 valence electrons. The summed E-state index contributed by atoms with van der Waals surface area (Å²) in [5, 5.41) is 15.1. The molecule has 4 aromatic rings. The molecule has 3 aromatic carbocycles. The highest BCUT2D eigenvalue weighted by molar-refractivity contribution is 7.21. The van der Waals surface area contributed by atoms with Crippen molar-refractivity contribution in [3.8, 4) is 17.2 Å². The number of hydrogen-bond donors (Lipinski definition) is 2. The molecule has 2 N–H and O–H groups in total. The molecule has 0 bridgehead atoms. The molecule has 1 heterocycles. The van der Waals surface area contributed by atoms with Gasteiger partial charge >= 0.3 is 0 Å². The summed E-state index contributed by atoms with van der Waals surface area (Å²) in [5.74, 6) is 2.41. The van der Waals surface area contributed by atoms with Gasteiger partial charge in [0, 0.05) is 15.8 Å². The fraction of sp³-hybridized carbons (Fsp3) is 0.160. The molecule has 0 spiro atoms. The number of aliphatic imine (C=N–C) groups is 1. The van der Waals surface area contributed by atoms with Gasteiger partial charge in [0.25, 0.3) is 0 Å². The number of hydrogen-bond acceptors (Lipinski definition) is 5. The van der Waals surface area contributed by atoms with Gasteiger partial charge in [-0.15, -0.1) is 11.3 Å². The lowest BCUT2D eigenvalue weighted by molar-refractivity contribution is 0.340. The zero-order valence-corrected chi connectivity index (χ0v) is 18.3. The molecule has 0 atom stereocenters. The van der Waals surface area contributed by atoms with E-state index in [1.54, 1.807) is 0 Å². The van der Waals surface area contributed by atoms with Crippen LogP contribution in [0.15, 0.2) is 77.8 Å². The maximum Gasteiger partial charge on any atom is 0.152 e. The second-order valence-corrected chi connectivity index (χ2v) is 7.80. The summed E-state index contributed by atoms with van der Waals surface area (Å²) in [6.45, 7) is 5.14. The van der Waals surface area contributed by atoms with Crippen LogP contribution in [0, 0.1) is 0 Å². The van der Waals surface area contributed by atoms with Crippen LogP contribution in [0.4, 0.5) is 11.4 Å². The Morgan fingerprint density at radius 3 is 2.10 bits per heavy atom. The Labute approximate surface area is 185 Å². The van der Waals surface area contributed by atoms with E-state index >= 15 is 0 Å². The van der Waals surface area contributed by atoms with Crippen molar-refractivity contribution in [1.29, 1.82) is 0 Å². The summed E-state index contributed by atoms with van der Waals surface area (Å²) in [6, 6.07) is 23.0. The summed E-state index contributed by atoms with van der Waals surface area (Å²) in [6.07, 6.45) is 0. The third-order valence-corrected chi connectivity index (χ3v) is 5.77. The normalized spacial score (nSPS) is 11.5. The van der Waals surface area contributed by atoms with Gasteiger partial charge in [0.2, 0.25) is 0 Å². The van der Waals surface area contributed by atoms with Gasteiger partial charge < -0.3 is 19.9 Å². The summed E-state index contributed by atoms with van der Waals surface area (Å²) in [7, 11) is 0. The van der Waals surface area contributed by atoms with E-state index < -0.39 is 0 Å². The Morgan fingerprint density at radius 1 is 0.871 bits per heavy atom. The number of anilines is 1. The molecule has 0 unspecified atom stereocenters. The third-order valence-electron chi connectivity index (χ3n) is 4.60. The predicted molar refractivity (Wildman–Crippen MR) is 129 cm³/mol. The van der Waals surface area contributed by atoms with Crippen LogP contribution in [0.3, 0.4) is 0 Å². The second-order valence-electron chi connectivity index (χ2n) is 6.75. The maximum atomic E-state index is 10.9. The molecule has 31 heavy (non-hydrogen) atoms. The summed E-state index contributed by atoms with van der Waals surface area (Å²) in [5.41, 5.74) is 1.61. The van der Waals surface area contributed by atoms with Crippen LogP contribution in [-0.4, -0.2) is 24.2 Å². The van der Waals surface area contributed by atoms with Gasteiger partial charge in [0.1, 0.15) is 22.1 Å². The van der Waals surface area contributed by atoms with E-state index in [0.717, 1.165) is 33.0 Å². The second kappa shape index (κ2) is 9.53. The van der Waals surface area contributed by atoms with E-state index in [-0.39, 0.29) is 5.75 Å². The molecule has 6 heteroatoms. The number of benzene rings is 3. The predicted octanol–water partition coefficient (Wildman–Crippen LogP) is 6.59. The van der Waals surface area contributed by atoms with Crippen LogP contribution in [0.25, 0.3) is 10.1 Å². The Morgan fingerprint density at radius 2 is 1.48 bits per heavy atom. The number of rotatable bonds is 7. The number of amidine groups is 1. The third kappa shape index (κ3) is 4.81. The Balaban J connectivity index is 1.73. The van der Waals surface area contributed by atoms with Gasteiger partial charge in [-0.05, 0) is 74.5 Å². The quantitative estimate of drug-likeness (QED) is 0.255. The zero-order valence-electron chi connectivity index (χ0n) is 17.5. The monoisotopic (exact) mass is 432 g/mol. The van der Waals surface area contributed by atoms with Gasteiger partial charge in [0.15, 0.2) is 5.84 Å². The van der Waals surface area contributed by atoms with Crippen molar-refractivity contribution in [2.75, 3.05) is 18.5 Å². The van der Waals surface area contributed by atoms with E-state index in [0.29, 0.717) is 23.9 Å². The lowest BCUT2D eigenvalue weighted by atomic mass is 10.2. The smallest absolute Gasteiger partial charge is 0.152 e. The molecular weight excluding hydrogens is 408 g/mol. The van der Waals surface area contributed by atoms with Gasteiger partial charge in [-0.2, -0.15) is 0 Å². The molecule has 0 aliphatic rings. The standard InChI is InChI=1S/C25H24N2O3S/c1-3-29-19-13-9-17(10-14-19)26-25(27-18-11-15-20(16-12-18)30-4-2)24-23(28)21-7-5-6-8-22(21)31-24/h5-16,28H,3-4H2,1-2H3,(H,26,27). The SMILES string of the molecule is CCOc1ccc(N=C(Nc2ccc(OCC)cc2)c2sc3ccccc3c2O)cc1. The van der Waals surface area contributed by atoms with Crippen molar-refractivity contribution in [2.45, 2.75) is 13.8 Å². The first-order valence-electron chi connectivity index (χ1n) is 10.2. The van der Waals surface area contributed by atoms with Crippen molar-refractivity contribution in [3.63, 3.8) is 0 Å². The minimum absolute atomic E-state index is 0.226. The van der Waals surface area contributed by atoms with Crippen LogP contribution in [0.1, 0.15) is 18.7 Å². The molecule has 0 saturated carbocycles. The first-order valence-corrected chi connectivity index (χ1v) is 11.0. The van der Waals surface area contributed by atoms with Gasteiger partial charge in [-0.25, -0.2) is 4.99 Å². The van der Waals surface area contributed by atoms with E-state index in [1.807, 2.05) is 86.6 Å². The first kappa shape index (κ1) is 20.8. The van der Waals surface area contributed by atoms with Crippen molar-refractivity contribution < 1.29 is 14.6 Å². The number of nitrogens with zero attached hydrogens (tertiary/aromatic N) is 1. The average Bonchev–Trinajstić information content (AvgIpc) is 3.13. The van der Waals surface area contributed by atoms with Gasteiger partial charge in [0.05, 0.1) is 18.9 Å².